The van der Waals surface area contributed by atoms with Gasteiger partial charge in [-0.3, -0.25) is 4.79 Å². The SMILES string of the molecule is COc1ccc(C)cc1NC(=O)CSc1nc(-c2ccc(C)cc2)cs1. The number of anilines is 1. The summed E-state index contributed by atoms with van der Waals surface area (Å²) in [5.41, 5.74) is 5.02. The molecule has 6 heteroatoms. The molecule has 0 atom stereocenters. The van der Waals surface area contributed by atoms with Crippen LogP contribution >= 0.6 is 23.1 Å². The number of aryl methyl sites for hydroxylation is 2. The van der Waals surface area contributed by atoms with Crippen molar-refractivity contribution in [3.63, 3.8) is 0 Å². The molecule has 1 amide bonds. The second-order valence-electron chi connectivity index (χ2n) is 5.91. The first kappa shape index (κ1) is 18.5. The molecule has 0 aliphatic carbocycles. The number of hydrogen-bond acceptors (Lipinski definition) is 5. The molecule has 0 spiro atoms. The van der Waals surface area contributed by atoms with Crippen LogP contribution in [0.4, 0.5) is 5.69 Å². The van der Waals surface area contributed by atoms with Crippen LogP contribution in [0.3, 0.4) is 0 Å². The highest BCUT2D eigenvalue weighted by atomic mass is 32.2. The minimum absolute atomic E-state index is 0.0778. The van der Waals surface area contributed by atoms with E-state index in [1.54, 1.807) is 18.4 Å². The minimum atomic E-state index is -0.0778. The average Bonchev–Trinajstić information content (AvgIpc) is 3.10. The fraction of sp³-hybridized carbons (Fsp3) is 0.200. The van der Waals surface area contributed by atoms with Crippen molar-refractivity contribution >= 4 is 34.7 Å². The standard InChI is InChI=1S/C20H20N2O2S2/c1-13-4-7-15(8-5-13)17-11-25-20(22-17)26-12-19(23)21-16-10-14(2)6-9-18(16)24-3/h4-11H,12H2,1-3H3,(H,21,23). The summed E-state index contributed by atoms with van der Waals surface area (Å²) in [6, 6.07) is 14.0. The van der Waals surface area contributed by atoms with Gasteiger partial charge in [-0.05, 0) is 31.5 Å². The summed E-state index contributed by atoms with van der Waals surface area (Å²) in [7, 11) is 1.59. The Morgan fingerprint density at radius 2 is 1.88 bits per heavy atom. The number of carbonyl (C=O) groups excluding carboxylic acids is 1. The van der Waals surface area contributed by atoms with Gasteiger partial charge in [0.1, 0.15) is 5.75 Å². The molecular weight excluding hydrogens is 364 g/mol. The van der Waals surface area contributed by atoms with Crippen LogP contribution in [-0.2, 0) is 4.79 Å². The van der Waals surface area contributed by atoms with Gasteiger partial charge in [-0.15, -0.1) is 11.3 Å². The van der Waals surface area contributed by atoms with Crippen molar-refractivity contribution in [3.8, 4) is 17.0 Å². The van der Waals surface area contributed by atoms with Gasteiger partial charge >= 0.3 is 0 Å². The van der Waals surface area contributed by atoms with E-state index in [0.29, 0.717) is 17.2 Å². The molecule has 0 fully saturated rings. The number of thiazole rings is 1. The Hall–Kier alpha value is -2.31. The molecule has 0 radical (unpaired) electrons. The summed E-state index contributed by atoms with van der Waals surface area (Å²) in [6.45, 7) is 4.04. The van der Waals surface area contributed by atoms with E-state index in [1.165, 1.54) is 17.3 Å². The number of aromatic nitrogens is 1. The average molecular weight is 385 g/mol. The topological polar surface area (TPSA) is 51.2 Å². The lowest BCUT2D eigenvalue weighted by Gasteiger charge is -2.10. The zero-order chi connectivity index (χ0) is 18.5. The van der Waals surface area contributed by atoms with E-state index in [2.05, 4.69) is 41.5 Å². The Morgan fingerprint density at radius 1 is 1.15 bits per heavy atom. The van der Waals surface area contributed by atoms with E-state index in [1.807, 2.05) is 30.5 Å². The van der Waals surface area contributed by atoms with Gasteiger partial charge in [0.25, 0.3) is 0 Å². The maximum absolute atomic E-state index is 12.3. The summed E-state index contributed by atoms with van der Waals surface area (Å²) in [6.07, 6.45) is 0. The van der Waals surface area contributed by atoms with Crippen LogP contribution in [0.2, 0.25) is 0 Å². The number of ether oxygens (including phenoxy) is 1. The maximum Gasteiger partial charge on any atom is 0.234 e. The van der Waals surface area contributed by atoms with Gasteiger partial charge in [0.05, 0.1) is 24.2 Å². The van der Waals surface area contributed by atoms with Gasteiger partial charge < -0.3 is 10.1 Å². The van der Waals surface area contributed by atoms with Crippen molar-refractivity contribution in [2.24, 2.45) is 0 Å². The Balaban J connectivity index is 1.60. The number of benzene rings is 2. The molecule has 1 heterocycles. The molecule has 0 saturated carbocycles. The Bertz CT molecular complexity index is 904. The number of methoxy groups -OCH3 is 1. The summed E-state index contributed by atoms with van der Waals surface area (Å²) in [5.74, 6) is 0.883. The third kappa shape index (κ3) is 4.65. The van der Waals surface area contributed by atoms with E-state index in [0.717, 1.165) is 21.2 Å². The van der Waals surface area contributed by atoms with Crippen LogP contribution in [0.25, 0.3) is 11.3 Å². The molecule has 3 aromatic rings. The van der Waals surface area contributed by atoms with E-state index in [9.17, 15) is 4.79 Å². The van der Waals surface area contributed by atoms with Gasteiger partial charge in [-0.1, -0.05) is 47.7 Å². The lowest BCUT2D eigenvalue weighted by atomic mass is 10.1. The fourth-order valence-electron chi connectivity index (χ4n) is 2.41. The summed E-state index contributed by atoms with van der Waals surface area (Å²) in [5, 5.41) is 4.93. The van der Waals surface area contributed by atoms with E-state index < -0.39 is 0 Å². The van der Waals surface area contributed by atoms with Crippen molar-refractivity contribution in [2.45, 2.75) is 18.2 Å². The molecule has 2 aromatic carbocycles. The predicted octanol–water partition coefficient (Wildman–Crippen LogP) is 5.17. The number of nitrogens with zero attached hydrogens (tertiary/aromatic N) is 1. The Labute approximate surface area is 161 Å². The van der Waals surface area contributed by atoms with Crippen molar-refractivity contribution in [1.29, 1.82) is 0 Å². The third-order valence-electron chi connectivity index (χ3n) is 3.79. The molecule has 0 aliphatic heterocycles. The van der Waals surface area contributed by atoms with Crippen LogP contribution in [0.15, 0.2) is 52.2 Å². The second-order valence-corrected chi connectivity index (χ2v) is 7.99. The molecule has 0 bridgehead atoms. The Kier molecular flexibility index (Phi) is 5.96. The largest absolute Gasteiger partial charge is 0.495 e. The smallest absolute Gasteiger partial charge is 0.234 e. The van der Waals surface area contributed by atoms with Gasteiger partial charge in [0, 0.05) is 10.9 Å². The minimum Gasteiger partial charge on any atom is -0.495 e. The summed E-state index contributed by atoms with van der Waals surface area (Å²) < 4.78 is 6.17. The summed E-state index contributed by atoms with van der Waals surface area (Å²) >= 11 is 2.99. The number of hydrogen-bond donors (Lipinski definition) is 1. The monoisotopic (exact) mass is 384 g/mol. The number of thioether (sulfide) groups is 1. The summed E-state index contributed by atoms with van der Waals surface area (Å²) in [4.78, 5) is 16.9. The van der Waals surface area contributed by atoms with Crippen LogP contribution < -0.4 is 10.1 Å². The van der Waals surface area contributed by atoms with Crippen molar-refractivity contribution in [3.05, 3.63) is 59.0 Å². The predicted molar refractivity (Wildman–Crippen MR) is 109 cm³/mol. The molecule has 4 nitrogen and oxygen atoms in total. The van der Waals surface area contributed by atoms with E-state index in [-0.39, 0.29) is 5.91 Å². The highest BCUT2D eigenvalue weighted by Gasteiger charge is 2.11. The lowest BCUT2D eigenvalue weighted by Crippen LogP contribution is -2.14. The highest BCUT2D eigenvalue weighted by molar-refractivity contribution is 8.01. The zero-order valence-corrected chi connectivity index (χ0v) is 16.5. The molecule has 1 aromatic heterocycles. The maximum atomic E-state index is 12.3. The number of nitrogens with one attached hydrogen (secondary N) is 1. The molecular formula is C20H20N2O2S2. The normalized spacial score (nSPS) is 10.6. The van der Waals surface area contributed by atoms with Gasteiger partial charge in [0.15, 0.2) is 4.34 Å². The van der Waals surface area contributed by atoms with Crippen LogP contribution in [0.1, 0.15) is 11.1 Å². The quantitative estimate of drug-likeness (QED) is 0.596. The van der Waals surface area contributed by atoms with Crippen molar-refractivity contribution < 1.29 is 9.53 Å². The first-order valence-electron chi connectivity index (χ1n) is 8.15. The van der Waals surface area contributed by atoms with Gasteiger partial charge in [-0.2, -0.15) is 0 Å². The number of carbonyl (C=O) groups is 1. The molecule has 3 rings (SSSR count). The lowest BCUT2D eigenvalue weighted by molar-refractivity contribution is -0.113. The van der Waals surface area contributed by atoms with Gasteiger partial charge in [0.2, 0.25) is 5.91 Å². The third-order valence-corrected chi connectivity index (χ3v) is 5.81. The van der Waals surface area contributed by atoms with Crippen LogP contribution in [0, 0.1) is 13.8 Å². The van der Waals surface area contributed by atoms with Crippen molar-refractivity contribution in [1.82, 2.24) is 4.98 Å². The number of amides is 1. The molecule has 0 unspecified atom stereocenters. The molecule has 0 aliphatic rings. The first-order chi connectivity index (χ1) is 12.5. The fourth-order valence-corrected chi connectivity index (χ4v) is 4.05. The van der Waals surface area contributed by atoms with Crippen LogP contribution in [0.5, 0.6) is 5.75 Å². The molecule has 0 saturated heterocycles. The molecule has 1 N–H and O–H groups in total. The second kappa shape index (κ2) is 8.38. The molecule has 26 heavy (non-hydrogen) atoms. The highest BCUT2D eigenvalue weighted by Crippen LogP contribution is 2.29. The van der Waals surface area contributed by atoms with E-state index >= 15 is 0 Å². The van der Waals surface area contributed by atoms with Crippen molar-refractivity contribution in [2.75, 3.05) is 18.2 Å². The van der Waals surface area contributed by atoms with E-state index in [4.69, 9.17) is 4.74 Å². The number of rotatable bonds is 6. The molecule has 134 valence electrons. The van der Waals surface area contributed by atoms with Gasteiger partial charge in [-0.25, -0.2) is 4.98 Å². The Morgan fingerprint density at radius 3 is 2.62 bits per heavy atom. The first-order valence-corrected chi connectivity index (χ1v) is 10.0. The van der Waals surface area contributed by atoms with Crippen LogP contribution in [-0.4, -0.2) is 23.8 Å². The zero-order valence-electron chi connectivity index (χ0n) is 14.9.